The van der Waals surface area contributed by atoms with Crippen LogP contribution in [-0.4, -0.2) is 57.2 Å². The van der Waals surface area contributed by atoms with Crippen molar-refractivity contribution >= 4 is 17.7 Å². The highest BCUT2D eigenvalue weighted by Crippen LogP contribution is 2.30. The van der Waals surface area contributed by atoms with Gasteiger partial charge in [-0.3, -0.25) is 9.78 Å². The Morgan fingerprint density at radius 3 is 2.81 bits per heavy atom. The van der Waals surface area contributed by atoms with Crippen molar-refractivity contribution in [2.24, 2.45) is 0 Å². The Morgan fingerprint density at radius 2 is 2.10 bits per heavy atom. The fourth-order valence-corrected chi connectivity index (χ4v) is 4.00. The second-order valence-corrected chi connectivity index (χ2v) is 6.83. The molecule has 0 aliphatic carbocycles. The number of hydrogen-bond acceptors (Lipinski definition) is 5. The van der Waals surface area contributed by atoms with Crippen LogP contribution in [0.4, 0.5) is 0 Å². The molecule has 3 heterocycles. The first-order chi connectivity index (χ1) is 10.2. The zero-order valence-electron chi connectivity index (χ0n) is 11.9. The van der Waals surface area contributed by atoms with E-state index in [0.29, 0.717) is 25.9 Å². The van der Waals surface area contributed by atoms with E-state index in [0.717, 1.165) is 23.7 Å². The molecular formula is C15H20N2O3S. The molecule has 0 radical (unpaired) electrons. The van der Waals surface area contributed by atoms with Crippen LogP contribution in [0.3, 0.4) is 0 Å². The molecular weight excluding hydrogens is 288 g/mol. The Labute approximate surface area is 128 Å². The van der Waals surface area contributed by atoms with Crippen LogP contribution >= 0.6 is 11.8 Å². The van der Waals surface area contributed by atoms with E-state index in [9.17, 15) is 9.90 Å². The minimum absolute atomic E-state index is 0.00193. The molecule has 114 valence electrons. The highest BCUT2D eigenvalue weighted by Gasteiger charge is 2.42. The van der Waals surface area contributed by atoms with E-state index in [4.69, 9.17) is 4.74 Å². The van der Waals surface area contributed by atoms with Crippen LogP contribution in [0.25, 0.3) is 0 Å². The summed E-state index contributed by atoms with van der Waals surface area (Å²) < 4.78 is 5.86. The molecule has 0 saturated carbocycles. The van der Waals surface area contributed by atoms with Crippen LogP contribution in [0.1, 0.15) is 19.3 Å². The number of likely N-dealkylation sites (tertiary alicyclic amines) is 1. The van der Waals surface area contributed by atoms with Gasteiger partial charge >= 0.3 is 0 Å². The fourth-order valence-electron chi connectivity index (χ4n) is 2.84. The van der Waals surface area contributed by atoms with Crippen molar-refractivity contribution in [3.8, 4) is 5.75 Å². The molecule has 21 heavy (non-hydrogen) atoms. The predicted octanol–water partition coefficient (Wildman–Crippen LogP) is 1.32. The molecule has 3 rings (SSSR count). The summed E-state index contributed by atoms with van der Waals surface area (Å²) in [5.41, 5.74) is -1.16. The molecule has 0 bridgehead atoms. The second kappa shape index (κ2) is 6.23. The first kappa shape index (κ1) is 14.7. The molecule has 6 heteroatoms. The Balaban J connectivity index is 1.58. The molecule has 0 spiro atoms. The van der Waals surface area contributed by atoms with E-state index in [2.05, 4.69) is 4.98 Å². The number of carbonyl (C=O) groups is 1. The molecule has 1 atom stereocenters. The van der Waals surface area contributed by atoms with Gasteiger partial charge in [0.2, 0.25) is 0 Å². The zero-order valence-corrected chi connectivity index (χ0v) is 12.7. The van der Waals surface area contributed by atoms with Gasteiger partial charge in [-0.05, 0) is 36.5 Å². The topological polar surface area (TPSA) is 62.7 Å². The maximum atomic E-state index is 12.5. The molecule has 1 N–H and O–H groups in total. The molecule has 1 aromatic rings. The summed E-state index contributed by atoms with van der Waals surface area (Å²) >= 11 is 1.80. The standard InChI is InChI=1S/C15H20N2O3S/c18-14(15(19)4-9-21-10-5-15)17-8-3-13(11-17)20-12-1-6-16-7-2-12/h1-2,6-7,13,19H,3-5,8-11H2/t13-/m1/s1. The largest absolute Gasteiger partial charge is 0.488 e. The average molecular weight is 308 g/mol. The Hall–Kier alpha value is -1.27. The first-order valence-electron chi connectivity index (χ1n) is 7.33. The minimum atomic E-state index is -1.16. The van der Waals surface area contributed by atoms with Gasteiger partial charge < -0.3 is 14.7 Å². The highest BCUT2D eigenvalue weighted by atomic mass is 32.2. The summed E-state index contributed by atoms with van der Waals surface area (Å²) in [4.78, 5) is 18.2. The first-order valence-corrected chi connectivity index (χ1v) is 8.49. The lowest BCUT2D eigenvalue weighted by atomic mass is 9.95. The maximum Gasteiger partial charge on any atom is 0.254 e. The van der Waals surface area contributed by atoms with Gasteiger partial charge in [0, 0.05) is 25.4 Å². The van der Waals surface area contributed by atoms with E-state index >= 15 is 0 Å². The molecule has 2 aliphatic rings. The molecule has 1 aromatic heterocycles. The molecule has 1 amide bonds. The van der Waals surface area contributed by atoms with E-state index < -0.39 is 5.60 Å². The van der Waals surface area contributed by atoms with Gasteiger partial charge in [-0.2, -0.15) is 11.8 Å². The third-order valence-electron chi connectivity index (χ3n) is 4.10. The van der Waals surface area contributed by atoms with Crippen molar-refractivity contribution in [3.63, 3.8) is 0 Å². The summed E-state index contributed by atoms with van der Waals surface area (Å²) in [5, 5.41) is 10.5. The highest BCUT2D eigenvalue weighted by molar-refractivity contribution is 7.99. The summed E-state index contributed by atoms with van der Waals surface area (Å²) in [6, 6.07) is 3.63. The van der Waals surface area contributed by atoms with Gasteiger partial charge in [0.05, 0.1) is 6.54 Å². The van der Waals surface area contributed by atoms with Gasteiger partial charge in [0.1, 0.15) is 17.5 Å². The van der Waals surface area contributed by atoms with Crippen molar-refractivity contribution in [3.05, 3.63) is 24.5 Å². The molecule has 0 aromatic carbocycles. The van der Waals surface area contributed by atoms with Crippen LogP contribution in [0.5, 0.6) is 5.75 Å². The lowest BCUT2D eigenvalue weighted by Gasteiger charge is -2.33. The van der Waals surface area contributed by atoms with Gasteiger partial charge in [-0.15, -0.1) is 0 Å². The van der Waals surface area contributed by atoms with Gasteiger partial charge in [0.25, 0.3) is 5.91 Å². The number of carbonyl (C=O) groups excluding carboxylic acids is 1. The van der Waals surface area contributed by atoms with Gasteiger partial charge in [0.15, 0.2) is 0 Å². The SMILES string of the molecule is O=C(N1CC[C@@H](Oc2ccncc2)C1)C1(O)CCSCC1. The molecule has 5 nitrogen and oxygen atoms in total. The quantitative estimate of drug-likeness (QED) is 0.912. The molecule has 2 fully saturated rings. The summed E-state index contributed by atoms with van der Waals surface area (Å²) in [6.45, 7) is 1.21. The molecule has 0 unspecified atom stereocenters. The third-order valence-corrected chi connectivity index (χ3v) is 5.09. The minimum Gasteiger partial charge on any atom is -0.488 e. The summed E-state index contributed by atoms with van der Waals surface area (Å²) in [6.07, 6.45) is 5.30. The van der Waals surface area contributed by atoms with Crippen LogP contribution in [0.2, 0.25) is 0 Å². The zero-order chi connectivity index (χ0) is 14.7. The number of hydrogen-bond donors (Lipinski definition) is 1. The predicted molar refractivity (Wildman–Crippen MR) is 81.4 cm³/mol. The van der Waals surface area contributed by atoms with Crippen LogP contribution in [0, 0.1) is 0 Å². The Kier molecular flexibility index (Phi) is 4.35. The third kappa shape index (κ3) is 3.32. The van der Waals surface area contributed by atoms with Crippen molar-refractivity contribution in [2.75, 3.05) is 24.6 Å². The van der Waals surface area contributed by atoms with Crippen molar-refractivity contribution < 1.29 is 14.6 Å². The Bertz CT molecular complexity index is 491. The monoisotopic (exact) mass is 308 g/mol. The average Bonchev–Trinajstić information content (AvgIpc) is 2.96. The summed E-state index contributed by atoms with van der Waals surface area (Å²) in [7, 11) is 0. The number of nitrogens with zero attached hydrogens (tertiary/aromatic N) is 2. The van der Waals surface area contributed by atoms with Crippen LogP contribution in [0.15, 0.2) is 24.5 Å². The number of rotatable bonds is 3. The van der Waals surface area contributed by atoms with Crippen molar-refractivity contribution in [2.45, 2.75) is 31.0 Å². The number of amides is 1. The number of pyridine rings is 1. The van der Waals surface area contributed by atoms with Gasteiger partial charge in [-0.1, -0.05) is 0 Å². The van der Waals surface area contributed by atoms with E-state index in [1.54, 1.807) is 29.1 Å². The van der Waals surface area contributed by atoms with E-state index in [1.807, 2.05) is 12.1 Å². The normalized spacial score (nSPS) is 24.8. The van der Waals surface area contributed by atoms with Gasteiger partial charge in [-0.25, -0.2) is 0 Å². The molecule has 2 saturated heterocycles. The fraction of sp³-hybridized carbons (Fsp3) is 0.600. The lowest BCUT2D eigenvalue weighted by molar-refractivity contribution is -0.151. The van der Waals surface area contributed by atoms with Crippen LogP contribution < -0.4 is 4.74 Å². The molecule has 2 aliphatic heterocycles. The smallest absolute Gasteiger partial charge is 0.254 e. The lowest BCUT2D eigenvalue weighted by Crippen LogP contribution is -2.50. The number of aromatic nitrogens is 1. The number of thioether (sulfide) groups is 1. The number of aliphatic hydroxyl groups is 1. The van der Waals surface area contributed by atoms with Crippen LogP contribution in [-0.2, 0) is 4.79 Å². The maximum absolute atomic E-state index is 12.5. The van der Waals surface area contributed by atoms with E-state index in [1.165, 1.54) is 0 Å². The second-order valence-electron chi connectivity index (χ2n) is 5.61. The Morgan fingerprint density at radius 1 is 1.38 bits per heavy atom. The van der Waals surface area contributed by atoms with Crippen molar-refractivity contribution in [1.82, 2.24) is 9.88 Å². The number of ether oxygens (including phenoxy) is 1. The summed E-state index contributed by atoms with van der Waals surface area (Å²) in [5.74, 6) is 2.36. The van der Waals surface area contributed by atoms with Crippen molar-refractivity contribution in [1.29, 1.82) is 0 Å². The van der Waals surface area contributed by atoms with E-state index in [-0.39, 0.29) is 12.0 Å².